The molecule has 2 heterocycles. The van der Waals surface area contributed by atoms with Gasteiger partial charge in [-0.05, 0) is 91.7 Å². The second-order valence-corrected chi connectivity index (χ2v) is 12.1. The van der Waals surface area contributed by atoms with E-state index in [-0.39, 0.29) is 23.5 Å². The molecule has 0 saturated carbocycles. The fourth-order valence-electron chi connectivity index (χ4n) is 4.77. The van der Waals surface area contributed by atoms with E-state index in [1.165, 1.54) is 4.31 Å². The summed E-state index contributed by atoms with van der Waals surface area (Å²) in [5.41, 5.74) is 0.403. The van der Waals surface area contributed by atoms with Crippen molar-refractivity contribution < 1.29 is 17.9 Å². The SMILES string of the molecule is CC(C)Oc1ccc(S(=O)(=O)N2CCCCC2)cc1NC(=O)CN(C)C1CCN(C(C)C)CC1. The van der Waals surface area contributed by atoms with Gasteiger partial charge in [0.05, 0.1) is 23.2 Å². The average molecular weight is 495 g/mol. The highest BCUT2D eigenvalue weighted by molar-refractivity contribution is 7.89. The van der Waals surface area contributed by atoms with Crippen molar-refractivity contribution in [1.82, 2.24) is 14.1 Å². The van der Waals surface area contributed by atoms with Crippen LogP contribution in [0.3, 0.4) is 0 Å². The summed E-state index contributed by atoms with van der Waals surface area (Å²) in [7, 11) is -1.62. The van der Waals surface area contributed by atoms with Crippen LogP contribution in [-0.2, 0) is 14.8 Å². The molecule has 2 aliphatic rings. The summed E-state index contributed by atoms with van der Waals surface area (Å²) in [5, 5.41) is 2.93. The van der Waals surface area contributed by atoms with Crippen LogP contribution in [0.15, 0.2) is 23.1 Å². The molecule has 0 unspecified atom stereocenters. The Kier molecular flexibility index (Phi) is 9.37. The Morgan fingerprint density at radius 1 is 1.09 bits per heavy atom. The molecule has 1 N–H and O–H groups in total. The van der Waals surface area contributed by atoms with Crippen LogP contribution in [-0.4, -0.2) is 86.4 Å². The van der Waals surface area contributed by atoms with E-state index >= 15 is 0 Å². The Hall–Kier alpha value is -1.68. The molecule has 0 radical (unpaired) electrons. The van der Waals surface area contributed by atoms with Crippen molar-refractivity contribution in [2.24, 2.45) is 0 Å². The number of carbonyl (C=O) groups excluding carboxylic acids is 1. The van der Waals surface area contributed by atoms with E-state index in [1.54, 1.807) is 18.2 Å². The summed E-state index contributed by atoms with van der Waals surface area (Å²) in [6.45, 7) is 11.6. The lowest BCUT2D eigenvalue weighted by Gasteiger charge is -2.38. The first-order valence-corrected chi connectivity index (χ1v) is 14.1. The maximum atomic E-state index is 13.2. The first-order chi connectivity index (χ1) is 16.1. The highest BCUT2D eigenvalue weighted by Crippen LogP contribution is 2.31. The van der Waals surface area contributed by atoms with Crippen LogP contribution in [0.2, 0.25) is 0 Å². The van der Waals surface area contributed by atoms with E-state index < -0.39 is 10.0 Å². The van der Waals surface area contributed by atoms with Gasteiger partial charge in [0.15, 0.2) is 0 Å². The number of rotatable bonds is 9. The van der Waals surface area contributed by atoms with Crippen molar-refractivity contribution in [1.29, 1.82) is 0 Å². The summed E-state index contributed by atoms with van der Waals surface area (Å²) in [4.78, 5) is 17.7. The molecule has 2 fully saturated rings. The van der Waals surface area contributed by atoms with Gasteiger partial charge in [-0.2, -0.15) is 4.31 Å². The van der Waals surface area contributed by atoms with Gasteiger partial charge in [0.1, 0.15) is 5.75 Å². The predicted octanol–water partition coefficient (Wildman–Crippen LogP) is 3.39. The van der Waals surface area contributed by atoms with Gasteiger partial charge in [-0.15, -0.1) is 0 Å². The van der Waals surface area contributed by atoms with E-state index in [0.29, 0.717) is 36.6 Å². The van der Waals surface area contributed by atoms with Crippen LogP contribution >= 0.6 is 0 Å². The van der Waals surface area contributed by atoms with Crippen LogP contribution in [0.5, 0.6) is 5.75 Å². The van der Waals surface area contributed by atoms with Crippen molar-refractivity contribution >= 4 is 21.6 Å². The van der Waals surface area contributed by atoms with Gasteiger partial charge < -0.3 is 15.0 Å². The monoisotopic (exact) mass is 494 g/mol. The lowest BCUT2D eigenvalue weighted by Crippen LogP contribution is -2.47. The van der Waals surface area contributed by atoms with E-state index in [2.05, 4.69) is 29.0 Å². The predicted molar refractivity (Wildman–Crippen MR) is 136 cm³/mol. The van der Waals surface area contributed by atoms with E-state index in [9.17, 15) is 13.2 Å². The number of likely N-dealkylation sites (tertiary alicyclic amines) is 1. The number of hydrogen-bond donors (Lipinski definition) is 1. The number of piperidine rings is 2. The summed E-state index contributed by atoms with van der Waals surface area (Å²) in [6, 6.07) is 5.67. The molecule has 34 heavy (non-hydrogen) atoms. The van der Waals surface area contributed by atoms with Crippen LogP contribution in [0.25, 0.3) is 0 Å². The van der Waals surface area contributed by atoms with Crippen LogP contribution < -0.4 is 10.1 Å². The molecular weight excluding hydrogens is 452 g/mol. The maximum Gasteiger partial charge on any atom is 0.243 e. The van der Waals surface area contributed by atoms with Crippen molar-refractivity contribution in [3.8, 4) is 5.75 Å². The molecule has 192 valence electrons. The molecule has 3 rings (SSSR count). The first-order valence-electron chi connectivity index (χ1n) is 12.6. The Bertz CT molecular complexity index is 921. The summed E-state index contributed by atoms with van der Waals surface area (Å²) >= 11 is 0. The Morgan fingerprint density at radius 2 is 1.74 bits per heavy atom. The molecule has 9 heteroatoms. The van der Waals surface area contributed by atoms with Gasteiger partial charge in [0.2, 0.25) is 15.9 Å². The standard InChI is InChI=1S/C25H42N4O4S/c1-19(2)28-15-11-21(12-16-28)27(5)18-25(30)26-23-17-22(9-10-24(23)33-20(3)4)34(31,32)29-13-7-6-8-14-29/h9-10,17,19-21H,6-8,11-16,18H2,1-5H3,(H,26,30). The van der Waals surface area contributed by atoms with Gasteiger partial charge in [-0.1, -0.05) is 6.42 Å². The molecule has 2 saturated heterocycles. The second kappa shape index (κ2) is 11.8. The number of nitrogens with one attached hydrogen (secondary N) is 1. The molecular formula is C25H42N4O4S. The third-order valence-corrected chi connectivity index (χ3v) is 8.68. The lowest BCUT2D eigenvalue weighted by molar-refractivity contribution is -0.117. The van der Waals surface area contributed by atoms with Gasteiger partial charge in [-0.25, -0.2) is 8.42 Å². The maximum absolute atomic E-state index is 13.2. The first kappa shape index (κ1) is 26.9. The normalized spacial score (nSPS) is 19.2. The minimum Gasteiger partial charge on any atom is -0.489 e. The highest BCUT2D eigenvalue weighted by atomic mass is 32.2. The number of sulfonamides is 1. The summed E-state index contributed by atoms with van der Waals surface area (Å²) in [5.74, 6) is 0.309. The van der Waals surface area contributed by atoms with Crippen LogP contribution in [0.4, 0.5) is 5.69 Å². The van der Waals surface area contributed by atoms with E-state index in [0.717, 1.165) is 45.2 Å². The van der Waals surface area contributed by atoms with Gasteiger partial charge in [-0.3, -0.25) is 9.69 Å². The zero-order valence-corrected chi connectivity index (χ0v) is 22.2. The smallest absolute Gasteiger partial charge is 0.243 e. The van der Waals surface area contributed by atoms with E-state index in [4.69, 9.17) is 4.74 Å². The van der Waals surface area contributed by atoms with Gasteiger partial charge in [0, 0.05) is 25.2 Å². The molecule has 2 aliphatic heterocycles. The minimum atomic E-state index is -3.61. The van der Waals surface area contributed by atoms with Crippen molar-refractivity contribution in [2.75, 3.05) is 45.1 Å². The van der Waals surface area contributed by atoms with Crippen LogP contribution in [0, 0.1) is 0 Å². The van der Waals surface area contributed by atoms with Crippen molar-refractivity contribution in [3.63, 3.8) is 0 Å². The molecule has 0 aromatic heterocycles. The third-order valence-electron chi connectivity index (χ3n) is 6.79. The number of ether oxygens (including phenoxy) is 1. The minimum absolute atomic E-state index is 0.103. The number of carbonyl (C=O) groups is 1. The molecule has 0 aliphatic carbocycles. The Labute approximate surface area is 205 Å². The quantitative estimate of drug-likeness (QED) is 0.567. The number of anilines is 1. The lowest BCUT2D eigenvalue weighted by atomic mass is 10.0. The second-order valence-electron chi connectivity index (χ2n) is 10.1. The molecule has 0 spiro atoms. The zero-order valence-electron chi connectivity index (χ0n) is 21.4. The van der Waals surface area contributed by atoms with Gasteiger partial charge in [0.25, 0.3) is 0 Å². The van der Waals surface area contributed by atoms with Crippen molar-refractivity contribution in [3.05, 3.63) is 18.2 Å². The number of nitrogens with zero attached hydrogens (tertiary/aromatic N) is 3. The van der Waals surface area contributed by atoms with E-state index in [1.807, 2.05) is 20.9 Å². The fourth-order valence-corrected chi connectivity index (χ4v) is 6.31. The van der Waals surface area contributed by atoms with Gasteiger partial charge >= 0.3 is 0 Å². The third kappa shape index (κ3) is 6.93. The number of likely N-dealkylation sites (N-methyl/N-ethyl adjacent to an activating group) is 1. The largest absolute Gasteiger partial charge is 0.489 e. The fraction of sp³-hybridized carbons (Fsp3) is 0.720. The highest BCUT2D eigenvalue weighted by Gasteiger charge is 2.28. The Morgan fingerprint density at radius 3 is 2.32 bits per heavy atom. The molecule has 1 aromatic carbocycles. The average Bonchev–Trinajstić information content (AvgIpc) is 2.80. The van der Waals surface area contributed by atoms with Crippen LogP contribution in [0.1, 0.15) is 59.8 Å². The summed E-state index contributed by atoms with van der Waals surface area (Å²) in [6.07, 6.45) is 4.77. The zero-order chi connectivity index (χ0) is 24.9. The van der Waals surface area contributed by atoms with Crippen molar-refractivity contribution in [2.45, 2.75) is 82.9 Å². The summed E-state index contributed by atoms with van der Waals surface area (Å²) < 4.78 is 33.8. The Balaban J connectivity index is 1.71. The molecule has 1 aromatic rings. The topological polar surface area (TPSA) is 82.2 Å². The molecule has 8 nitrogen and oxygen atoms in total. The molecule has 0 bridgehead atoms. The molecule has 0 atom stereocenters. The number of amides is 1. The molecule has 1 amide bonds. The number of benzene rings is 1. The number of hydrogen-bond acceptors (Lipinski definition) is 6.